The van der Waals surface area contributed by atoms with E-state index in [1.165, 1.54) is 28.8 Å². The Morgan fingerprint density at radius 3 is 2.58 bits per heavy atom. The number of anilines is 1. The van der Waals surface area contributed by atoms with Crippen LogP contribution in [0.2, 0.25) is 0 Å². The summed E-state index contributed by atoms with van der Waals surface area (Å²) in [6.45, 7) is 2.68. The first-order valence-electron chi connectivity index (χ1n) is 7.58. The van der Waals surface area contributed by atoms with Gasteiger partial charge in [-0.15, -0.1) is 0 Å². The highest BCUT2D eigenvalue weighted by Gasteiger charge is 2.28. The van der Waals surface area contributed by atoms with Crippen molar-refractivity contribution in [3.8, 4) is 5.75 Å². The highest BCUT2D eigenvalue weighted by molar-refractivity contribution is 7.89. The number of aromatic hydroxyl groups is 1. The van der Waals surface area contributed by atoms with E-state index in [1.807, 2.05) is 0 Å². The van der Waals surface area contributed by atoms with Crippen LogP contribution in [0.1, 0.15) is 29.0 Å². The molecule has 1 aromatic carbocycles. The Morgan fingerprint density at radius 2 is 1.96 bits per heavy atom. The van der Waals surface area contributed by atoms with Crippen molar-refractivity contribution in [2.45, 2.75) is 24.7 Å². The molecule has 24 heavy (non-hydrogen) atoms. The first kappa shape index (κ1) is 16.5. The smallest absolute Gasteiger partial charge is 0.291 e. The summed E-state index contributed by atoms with van der Waals surface area (Å²) < 4.78 is 31.7. The number of nitrogens with one attached hydrogen (secondary N) is 1. The van der Waals surface area contributed by atoms with Crippen molar-refractivity contribution >= 4 is 21.6 Å². The summed E-state index contributed by atoms with van der Waals surface area (Å²) >= 11 is 0. The van der Waals surface area contributed by atoms with Crippen molar-refractivity contribution in [3.63, 3.8) is 0 Å². The van der Waals surface area contributed by atoms with Gasteiger partial charge in [0.2, 0.25) is 10.0 Å². The molecule has 0 unspecified atom stereocenters. The predicted octanol–water partition coefficient (Wildman–Crippen LogP) is 2.33. The molecule has 2 heterocycles. The van der Waals surface area contributed by atoms with Crippen molar-refractivity contribution in [2.75, 3.05) is 18.4 Å². The van der Waals surface area contributed by atoms with Gasteiger partial charge in [0.05, 0.1) is 16.8 Å². The topological polar surface area (TPSA) is 99.8 Å². The van der Waals surface area contributed by atoms with Crippen LogP contribution in [0.15, 0.2) is 39.8 Å². The number of aryl methyl sites for hydroxylation is 1. The lowest BCUT2D eigenvalue weighted by Crippen LogP contribution is -2.28. The van der Waals surface area contributed by atoms with Gasteiger partial charge < -0.3 is 14.8 Å². The molecule has 8 heteroatoms. The molecule has 0 atom stereocenters. The minimum absolute atomic E-state index is 0.0241. The van der Waals surface area contributed by atoms with Crippen LogP contribution in [-0.4, -0.2) is 36.8 Å². The quantitative estimate of drug-likeness (QED) is 0.825. The normalized spacial score (nSPS) is 15.5. The number of phenols is 1. The molecule has 7 nitrogen and oxygen atoms in total. The van der Waals surface area contributed by atoms with Crippen molar-refractivity contribution in [1.29, 1.82) is 0 Å². The van der Waals surface area contributed by atoms with Crippen LogP contribution in [0.25, 0.3) is 0 Å². The fraction of sp³-hybridized carbons (Fsp3) is 0.312. The van der Waals surface area contributed by atoms with E-state index in [1.54, 1.807) is 13.0 Å². The Morgan fingerprint density at radius 1 is 1.25 bits per heavy atom. The molecule has 0 saturated carbocycles. The number of carbonyl (C=O) groups excluding carboxylic acids is 1. The van der Waals surface area contributed by atoms with Gasteiger partial charge in [-0.1, -0.05) is 0 Å². The Hall–Kier alpha value is -2.32. The number of rotatable bonds is 4. The third-order valence-corrected chi connectivity index (χ3v) is 5.88. The minimum Gasteiger partial charge on any atom is -0.506 e. The van der Waals surface area contributed by atoms with Crippen LogP contribution in [0, 0.1) is 6.92 Å². The molecule has 0 radical (unpaired) electrons. The maximum absolute atomic E-state index is 12.6. The third-order valence-electron chi connectivity index (χ3n) is 3.99. The second-order valence-corrected chi connectivity index (χ2v) is 7.61. The first-order chi connectivity index (χ1) is 11.4. The monoisotopic (exact) mass is 350 g/mol. The first-order valence-corrected chi connectivity index (χ1v) is 9.02. The number of nitrogens with zero attached hydrogens (tertiary/aromatic N) is 1. The number of amides is 1. The Balaban J connectivity index is 1.89. The molecule has 1 amide bonds. The molecule has 2 aromatic rings. The molecule has 0 bridgehead atoms. The van der Waals surface area contributed by atoms with E-state index in [-0.39, 0.29) is 22.1 Å². The van der Waals surface area contributed by atoms with Gasteiger partial charge in [0.15, 0.2) is 5.76 Å². The van der Waals surface area contributed by atoms with E-state index >= 15 is 0 Å². The van der Waals surface area contributed by atoms with Gasteiger partial charge in [0, 0.05) is 18.7 Å². The Kier molecular flexibility index (Phi) is 4.33. The van der Waals surface area contributed by atoms with Crippen molar-refractivity contribution in [2.24, 2.45) is 0 Å². The van der Waals surface area contributed by atoms with E-state index in [9.17, 15) is 18.3 Å². The van der Waals surface area contributed by atoms with Crippen molar-refractivity contribution in [3.05, 3.63) is 41.9 Å². The van der Waals surface area contributed by atoms with Gasteiger partial charge in [-0.05, 0) is 44.0 Å². The highest BCUT2D eigenvalue weighted by Crippen LogP contribution is 2.29. The number of benzene rings is 1. The number of hydrogen-bond donors (Lipinski definition) is 2. The van der Waals surface area contributed by atoms with Crippen LogP contribution in [0.5, 0.6) is 5.75 Å². The van der Waals surface area contributed by atoms with Gasteiger partial charge in [-0.25, -0.2) is 8.42 Å². The lowest BCUT2D eigenvalue weighted by atomic mass is 10.2. The molecule has 1 fully saturated rings. The minimum atomic E-state index is -3.63. The maximum Gasteiger partial charge on any atom is 0.291 e. The molecular weight excluding hydrogens is 332 g/mol. The fourth-order valence-electron chi connectivity index (χ4n) is 2.64. The molecule has 0 spiro atoms. The summed E-state index contributed by atoms with van der Waals surface area (Å²) in [6, 6.07) is 5.49. The molecule has 128 valence electrons. The Bertz CT molecular complexity index is 866. The predicted molar refractivity (Wildman–Crippen MR) is 87.5 cm³/mol. The fourth-order valence-corrected chi connectivity index (χ4v) is 4.18. The molecule has 1 saturated heterocycles. The number of carbonyl (C=O) groups is 1. The van der Waals surface area contributed by atoms with E-state index < -0.39 is 15.9 Å². The zero-order chi connectivity index (χ0) is 17.3. The number of sulfonamides is 1. The number of phenolic OH excluding ortho intramolecular Hbond substituents is 1. The van der Waals surface area contributed by atoms with Crippen LogP contribution < -0.4 is 5.32 Å². The lowest BCUT2D eigenvalue weighted by Gasteiger charge is -2.16. The van der Waals surface area contributed by atoms with Gasteiger partial charge in [-0.3, -0.25) is 4.79 Å². The standard InChI is InChI=1S/C16H18N2O5S/c1-11-6-9-23-15(11)16(20)17-13-10-12(4-5-14(13)19)24(21,22)18-7-2-3-8-18/h4-6,9-10,19H,2-3,7-8H2,1H3,(H,17,20). The largest absolute Gasteiger partial charge is 0.506 e. The summed E-state index contributed by atoms with van der Waals surface area (Å²) in [5, 5.41) is 12.4. The lowest BCUT2D eigenvalue weighted by molar-refractivity contribution is 0.0995. The summed E-state index contributed by atoms with van der Waals surface area (Å²) in [6.07, 6.45) is 3.05. The highest BCUT2D eigenvalue weighted by atomic mass is 32.2. The Labute approximate surface area is 139 Å². The average molecular weight is 350 g/mol. The SMILES string of the molecule is Cc1ccoc1C(=O)Nc1cc(S(=O)(=O)N2CCCC2)ccc1O. The molecular formula is C16H18N2O5S. The molecule has 1 aromatic heterocycles. The van der Waals surface area contributed by atoms with Gasteiger partial charge in [0.1, 0.15) is 5.75 Å². The van der Waals surface area contributed by atoms with E-state index in [4.69, 9.17) is 4.42 Å². The van der Waals surface area contributed by atoms with E-state index in [2.05, 4.69) is 5.32 Å². The summed E-state index contributed by atoms with van der Waals surface area (Å²) in [7, 11) is -3.63. The summed E-state index contributed by atoms with van der Waals surface area (Å²) in [4.78, 5) is 12.2. The second-order valence-electron chi connectivity index (χ2n) is 5.68. The second kappa shape index (κ2) is 6.29. The molecule has 3 rings (SSSR count). The van der Waals surface area contributed by atoms with Gasteiger partial charge in [-0.2, -0.15) is 4.31 Å². The van der Waals surface area contributed by atoms with Crippen LogP contribution in [0.3, 0.4) is 0 Å². The zero-order valence-electron chi connectivity index (χ0n) is 13.2. The number of furan rings is 1. The molecule has 1 aliphatic heterocycles. The van der Waals surface area contributed by atoms with Crippen LogP contribution in [0.4, 0.5) is 5.69 Å². The molecule has 0 aliphatic carbocycles. The van der Waals surface area contributed by atoms with E-state index in [0.717, 1.165) is 12.8 Å². The van der Waals surface area contributed by atoms with Crippen LogP contribution in [-0.2, 0) is 10.0 Å². The zero-order valence-corrected chi connectivity index (χ0v) is 14.0. The average Bonchev–Trinajstić information content (AvgIpc) is 3.20. The van der Waals surface area contributed by atoms with Gasteiger partial charge in [0.25, 0.3) is 5.91 Å². The summed E-state index contributed by atoms with van der Waals surface area (Å²) in [5.74, 6) is -0.654. The maximum atomic E-state index is 12.6. The van der Waals surface area contributed by atoms with Crippen LogP contribution >= 0.6 is 0 Å². The molecule has 2 N–H and O–H groups in total. The van der Waals surface area contributed by atoms with E-state index in [0.29, 0.717) is 18.7 Å². The van der Waals surface area contributed by atoms with Gasteiger partial charge >= 0.3 is 0 Å². The molecule has 1 aliphatic rings. The number of hydrogen-bond acceptors (Lipinski definition) is 5. The van der Waals surface area contributed by atoms with Crippen molar-refractivity contribution in [1.82, 2.24) is 4.31 Å². The van der Waals surface area contributed by atoms with Crippen molar-refractivity contribution < 1.29 is 22.7 Å². The third kappa shape index (κ3) is 3.02. The summed E-state index contributed by atoms with van der Waals surface area (Å²) in [5.41, 5.74) is 0.670.